The van der Waals surface area contributed by atoms with Gasteiger partial charge in [0.15, 0.2) is 0 Å². The summed E-state index contributed by atoms with van der Waals surface area (Å²) in [6.45, 7) is 3.12. The van der Waals surface area contributed by atoms with E-state index >= 15 is 0 Å². The minimum atomic E-state index is 0.207. The molecule has 2 heterocycles. The molecule has 0 spiro atoms. The van der Waals surface area contributed by atoms with Crippen molar-refractivity contribution >= 4 is 11.3 Å². The number of nitrogens with zero attached hydrogens (tertiary/aromatic N) is 3. The Morgan fingerprint density at radius 2 is 2.38 bits per heavy atom. The molecule has 86 valence electrons. The molecule has 0 bridgehead atoms. The molecule has 4 nitrogen and oxygen atoms in total. The zero-order valence-corrected chi connectivity index (χ0v) is 10.4. The molecule has 2 aromatic heterocycles. The fourth-order valence-corrected chi connectivity index (χ4v) is 2.48. The lowest BCUT2D eigenvalue weighted by Crippen LogP contribution is -2.15. The molecule has 2 rings (SSSR count). The van der Waals surface area contributed by atoms with Crippen molar-refractivity contribution in [2.24, 2.45) is 0 Å². The van der Waals surface area contributed by atoms with Crippen molar-refractivity contribution in [1.82, 2.24) is 20.1 Å². The second kappa shape index (κ2) is 5.23. The van der Waals surface area contributed by atoms with Crippen molar-refractivity contribution in [2.45, 2.75) is 25.9 Å². The van der Waals surface area contributed by atoms with Crippen LogP contribution in [0.1, 0.15) is 29.8 Å². The van der Waals surface area contributed by atoms with Gasteiger partial charge in [0.25, 0.3) is 0 Å². The summed E-state index contributed by atoms with van der Waals surface area (Å²) in [6.07, 6.45) is 7.04. The van der Waals surface area contributed by atoms with Crippen LogP contribution in [-0.4, -0.2) is 21.8 Å². The van der Waals surface area contributed by atoms with Crippen molar-refractivity contribution < 1.29 is 0 Å². The highest BCUT2D eigenvalue weighted by Crippen LogP contribution is 2.23. The topological polar surface area (TPSA) is 42.7 Å². The standard InChI is InChI=1S/C11H16N4S/c1-3-4-15-7-9(5-14-15)11(12-2)10-6-13-8-16-10/h5-8,11-12H,3-4H2,1-2H3. The normalized spacial score (nSPS) is 12.9. The first-order valence-corrected chi connectivity index (χ1v) is 6.31. The highest BCUT2D eigenvalue weighted by molar-refractivity contribution is 7.09. The highest BCUT2D eigenvalue weighted by atomic mass is 32.1. The molecule has 1 N–H and O–H groups in total. The van der Waals surface area contributed by atoms with Crippen LogP contribution < -0.4 is 5.32 Å². The average Bonchev–Trinajstić information content (AvgIpc) is 2.92. The molecule has 0 aliphatic carbocycles. The Balaban J connectivity index is 2.20. The van der Waals surface area contributed by atoms with Gasteiger partial charge in [-0.2, -0.15) is 5.10 Å². The maximum absolute atomic E-state index is 4.35. The van der Waals surface area contributed by atoms with Gasteiger partial charge in [-0.15, -0.1) is 11.3 Å². The summed E-state index contributed by atoms with van der Waals surface area (Å²) >= 11 is 1.66. The van der Waals surface area contributed by atoms with Crippen LogP contribution in [-0.2, 0) is 6.54 Å². The van der Waals surface area contributed by atoms with Crippen molar-refractivity contribution in [2.75, 3.05) is 7.05 Å². The maximum atomic E-state index is 4.35. The van der Waals surface area contributed by atoms with E-state index in [4.69, 9.17) is 0 Å². The molecule has 0 saturated carbocycles. The summed E-state index contributed by atoms with van der Waals surface area (Å²) < 4.78 is 1.99. The minimum Gasteiger partial charge on any atom is -0.309 e. The van der Waals surface area contributed by atoms with E-state index in [2.05, 4.69) is 28.5 Å². The smallest absolute Gasteiger partial charge is 0.0794 e. The summed E-state index contributed by atoms with van der Waals surface area (Å²) in [5, 5.41) is 7.64. The third-order valence-electron chi connectivity index (χ3n) is 2.46. The van der Waals surface area contributed by atoms with E-state index in [1.165, 1.54) is 10.4 Å². The number of aromatic nitrogens is 3. The predicted octanol–water partition coefficient (Wildman–Crippen LogP) is 2.06. The molecular weight excluding hydrogens is 220 g/mol. The molecule has 5 heteroatoms. The molecule has 0 amide bonds. The van der Waals surface area contributed by atoms with Gasteiger partial charge in [0.1, 0.15) is 0 Å². The Morgan fingerprint density at radius 1 is 1.50 bits per heavy atom. The molecule has 2 aromatic rings. The number of thiazole rings is 1. The van der Waals surface area contributed by atoms with Crippen LogP contribution in [0, 0.1) is 0 Å². The van der Waals surface area contributed by atoms with E-state index in [1.54, 1.807) is 11.3 Å². The van der Waals surface area contributed by atoms with Crippen LogP contribution in [0.2, 0.25) is 0 Å². The third kappa shape index (κ3) is 2.31. The van der Waals surface area contributed by atoms with Crippen molar-refractivity contribution in [3.63, 3.8) is 0 Å². The van der Waals surface area contributed by atoms with Gasteiger partial charge in [-0.05, 0) is 13.5 Å². The highest BCUT2D eigenvalue weighted by Gasteiger charge is 2.15. The largest absolute Gasteiger partial charge is 0.309 e. The zero-order valence-electron chi connectivity index (χ0n) is 9.55. The number of hydrogen-bond donors (Lipinski definition) is 1. The summed E-state index contributed by atoms with van der Waals surface area (Å²) in [5.74, 6) is 0. The molecule has 1 atom stereocenters. The van der Waals surface area contributed by atoms with Gasteiger partial charge in [0.05, 0.1) is 17.7 Å². The second-order valence-electron chi connectivity index (χ2n) is 3.66. The molecule has 0 saturated heterocycles. The number of aryl methyl sites for hydroxylation is 1. The van der Waals surface area contributed by atoms with Crippen LogP contribution in [0.5, 0.6) is 0 Å². The van der Waals surface area contributed by atoms with Crippen molar-refractivity contribution in [3.05, 3.63) is 34.5 Å². The summed E-state index contributed by atoms with van der Waals surface area (Å²) in [7, 11) is 1.96. The molecule has 0 aliphatic heterocycles. The summed E-state index contributed by atoms with van der Waals surface area (Å²) in [4.78, 5) is 5.33. The van der Waals surface area contributed by atoms with E-state index in [9.17, 15) is 0 Å². The fourth-order valence-electron chi connectivity index (χ4n) is 1.72. The molecule has 0 aromatic carbocycles. The number of hydrogen-bond acceptors (Lipinski definition) is 4. The fraction of sp³-hybridized carbons (Fsp3) is 0.455. The molecule has 0 radical (unpaired) electrons. The minimum absolute atomic E-state index is 0.207. The Bertz CT molecular complexity index is 421. The quantitative estimate of drug-likeness (QED) is 0.864. The Hall–Kier alpha value is -1.20. The Labute approximate surface area is 99.3 Å². The van der Waals surface area contributed by atoms with Crippen LogP contribution in [0.3, 0.4) is 0 Å². The second-order valence-corrected chi connectivity index (χ2v) is 4.58. The lowest BCUT2D eigenvalue weighted by Gasteiger charge is -2.11. The zero-order chi connectivity index (χ0) is 11.4. The number of nitrogens with one attached hydrogen (secondary N) is 1. The van der Waals surface area contributed by atoms with Gasteiger partial charge in [-0.1, -0.05) is 6.92 Å². The predicted molar refractivity (Wildman–Crippen MR) is 65.5 cm³/mol. The van der Waals surface area contributed by atoms with Crippen LogP contribution in [0.4, 0.5) is 0 Å². The lowest BCUT2D eigenvalue weighted by atomic mass is 10.1. The van der Waals surface area contributed by atoms with Gasteiger partial charge < -0.3 is 5.32 Å². The summed E-state index contributed by atoms with van der Waals surface area (Å²) in [5.41, 5.74) is 3.05. The molecule has 0 fully saturated rings. The van der Waals surface area contributed by atoms with Gasteiger partial charge in [-0.3, -0.25) is 9.67 Å². The lowest BCUT2D eigenvalue weighted by molar-refractivity contribution is 0.600. The maximum Gasteiger partial charge on any atom is 0.0794 e. The first-order chi connectivity index (χ1) is 7.85. The van der Waals surface area contributed by atoms with E-state index < -0.39 is 0 Å². The monoisotopic (exact) mass is 236 g/mol. The van der Waals surface area contributed by atoms with Crippen LogP contribution >= 0.6 is 11.3 Å². The van der Waals surface area contributed by atoms with E-state index in [1.807, 2.05) is 29.6 Å². The van der Waals surface area contributed by atoms with Gasteiger partial charge >= 0.3 is 0 Å². The SMILES string of the molecule is CCCn1cc(C(NC)c2cncs2)cn1. The summed E-state index contributed by atoms with van der Waals surface area (Å²) in [6, 6.07) is 0.207. The molecule has 0 aliphatic rings. The van der Waals surface area contributed by atoms with Crippen LogP contribution in [0.25, 0.3) is 0 Å². The molecule has 16 heavy (non-hydrogen) atoms. The average molecular weight is 236 g/mol. The first kappa shape index (κ1) is 11.3. The molecule has 1 unspecified atom stereocenters. The van der Waals surface area contributed by atoms with Gasteiger partial charge in [-0.25, -0.2) is 0 Å². The van der Waals surface area contributed by atoms with Crippen molar-refractivity contribution in [3.8, 4) is 0 Å². The molecular formula is C11H16N4S. The van der Waals surface area contributed by atoms with Crippen molar-refractivity contribution in [1.29, 1.82) is 0 Å². The first-order valence-electron chi connectivity index (χ1n) is 5.43. The van der Waals surface area contributed by atoms with Gasteiger partial charge in [0.2, 0.25) is 0 Å². The Kier molecular flexibility index (Phi) is 3.69. The van der Waals surface area contributed by atoms with E-state index in [0.717, 1.165) is 13.0 Å². The van der Waals surface area contributed by atoms with E-state index in [-0.39, 0.29) is 6.04 Å². The van der Waals surface area contributed by atoms with Crippen LogP contribution in [0.15, 0.2) is 24.1 Å². The third-order valence-corrected chi connectivity index (χ3v) is 3.30. The van der Waals surface area contributed by atoms with E-state index in [0.29, 0.717) is 0 Å². The number of rotatable bonds is 5. The van der Waals surface area contributed by atoms with Gasteiger partial charge in [0, 0.05) is 29.4 Å². The Morgan fingerprint density at radius 3 is 3.00 bits per heavy atom.